The predicted molar refractivity (Wildman–Crippen MR) is 87.9 cm³/mol. The molecule has 0 aliphatic heterocycles. The average Bonchev–Trinajstić information content (AvgIpc) is 2.91. The van der Waals surface area contributed by atoms with Gasteiger partial charge in [-0.1, -0.05) is 6.07 Å². The van der Waals surface area contributed by atoms with Gasteiger partial charge in [-0.05, 0) is 35.9 Å². The minimum Gasteiger partial charge on any atom is -0.348 e. The normalized spacial score (nSPS) is 11.6. The summed E-state index contributed by atoms with van der Waals surface area (Å²) in [6.45, 7) is 0.0566. The van der Waals surface area contributed by atoms with Crippen LogP contribution in [0.25, 0.3) is 11.0 Å². The van der Waals surface area contributed by atoms with Crippen LogP contribution < -0.4 is 16.1 Å². The van der Waals surface area contributed by atoms with Gasteiger partial charge in [-0.15, -0.1) is 0 Å². The zero-order valence-corrected chi connectivity index (χ0v) is 13.5. The van der Waals surface area contributed by atoms with Crippen LogP contribution >= 0.6 is 0 Å². The largest absolute Gasteiger partial charge is 0.348 e. The zero-order chi connectivity index (χ0) is 18.2. The summed E-state index contributed by atoms with van der Waals surface area (Å²) in [5, 5.41) is 7.47. The lowest BCUT2D eigenvalue weighted by atomic mass is 10.1. The third-order valence-electron chi connectivity index (χ3n) is 3.54. The molecule has 0 fully saturated rings. The molecule has 1 heterocycles. The Balaban J connectivity index is 1.80. The molecule has 0 saturated carbocycles. The summed E-state index contributed by atoms with van der Waals surface area (Å²) >= 11 is 0. The smallest absolute Gasteiger partial charge is 0.323 e. The molecule has 3 rings (SSSR count). The van der Waals surface area contributed by atoms with Crippen molar-refractivity contribution in [1.82, 2.24) is 15.3 Å². The fourth-order valence-electron chi connectivity index (χ4n) is 2.32. The molecular weight excluding hydrogens is 351 g/mol. The van der Waals surface area contributed by atoms with Gasteiger partial charge in [0, 0.05) is 6.54 Å². The number of hydrogen-bond donors (Lipinski definition) is 4. The van der Waals surface area contributed by atoms with Crippen LogP contribution in [-0.2, 0) is 16.6 Å². The van der Waals surface area contributed by atoms with Crippen molar-refractivity contribution in [2.24, 2.45) is 5.14 Å². The number of rotatable bonds is 4. The number of amides is 1. The van der Waals surface area contributed by atoms with Gasteiger partial charge in [0.15, 0.2) is 0 Å². The van der Waals surface area contributed by atoms with Crippen molar-refractivity contribution >= 4 is 27.0 Å². The number of carbonyl (C=O) groups excluding carboxylic acids is 1. The lowest BCUT2D eigenvalue weighted by molar-refractivity contribution is 0.0946. The number of aromatic nitrogens is 2. The van der Waals surface area contributed by atoms with E-state index in [0.29, 0.717) is 16.6 Å². The highest BCUT2D eigenvalue weighted by Crippen LogP contribution is 2.15. The van der Waals surface area contributed by atoms with E-state index in [0.717, 1.165) is 18.2 Å². The lowest BCUT2D eigenvalue weighted by Crippen LogP contribution is -2.24. The number of primary sulfonamides is 1. The molecule has 0 spiro atoms. The molecule has 0 aliphatic rings. The molecule has 3 aromatic rings. The maximum atomic E-state index is 13.8. The van der Waals surface area contributed by atoms with E-state index in [4.69, 9.17) is 5.14 Å². The topological polar surface area (TPSA) is 138 Å². The fraction of sp³-hybridized carbons (Fsp3) is 0.0667. The van der Waals surface area contributed by atoms with E-state index < -0.39 is 27.3 Å². The lowest BCUT2D eigenvalue weighted by Gasteiger charge is -2.08. The summed E-state index contributed by atoms with van der Waals surface area (Å²) < 4.78 is 36.4. The summed E-state index contributed by atoms with van der Waals surface area (Å²) in [6, 6.07) is 7.74. The molecule has 8 nitrogen and oxygen atoms in total. The quantitative estimate of drug-likeness (QED) is 0.538. The van der Waals surface area contributed by atoms with Crippen LogP contribution in [0.15, 0.2) is 46.1 Å². The standard InChI is InChI=1S/C15H13FN4O4S/c16-11-3-2-9(25(17,23)24)6-10(11)14(21)18-7-8-1-4-12-13(5-8)20-15(22)19-12/h1-6H,7H2,(H,18,21)(H2,17,23,24)(H2,19,20,22). The van der Waals surface area contributed by atoms with Gasteiger partial charge in [0.05, 0.1) is 21.5 Å². The SMILES string of the molecule is NS(=O)(=O)c1ccc(F)c(C(=O)NCc2ccc3[nH]c(=O)[nH]c3c2)c1. The van der Waals surface area contributed by atoms with E-state index in [2.05, 4.69) is 15.3 Å². The second-order valence-corrected chi connectivity index (χ2v) is 6.89. The Kier molecular flexibility index (Phi) is 4.15. The summed E-state index contributed by atoms with van der Waals surface area (Å²) in [5.41, 5.74) is 1.07. The number of aromatic amines is 2. The van der Waals surface area contributed by atoms with Crippen LogP contribution in [0.2, 0.25) is 0 Å². The van der Waals surface area contributed by atoms with Crippen molar-refractivity contribution < 1.29 is 17.6 Å². The van der Waals surface area contributed by atoms with Crippen LogP contribution in [0, 0.1) is 5.82 Å². The molecule has 0 unspecified atom stereocenters. The first kappa shape index (κ1) is 16.9. The highest BCUT2D eigenvalue weighted by molar-refractivity contribution is 7.89. The molecule has 0 aliphatic carbocycles. The molecule has 130 valence electrons. The van der Waals surface area contributed by atoms with E-state index in [1.54, 1.807) is 18.2 Å². The third-order valence-corrected chi connectivity index (χ3v) is 4.46. The number of nitrogens with one attached hydrogen (secondary N) is 3. The molecule has 25 heavy (non-hydrogen) atoms. The van der Waals surface area contributed by atoms with Crippen molar-refractivity contribution in [3.63, 3.8) is 0 Å². The van der Waals surface area contributed by atoms with E-state index >= 15 is 0 Å². The number of nitrogens with two attached hydrogens (primary N) is 1. The fourth-order valence-corrected chi connectivity index (χ4v) is 2.86. The van der Waals surface area contributed by atoms with Gasteiger partial charge in [-0.2, -0.15) is 0 Å². The van der Waals surface area contributed by atoms with Gasteiger partial charge in [0.1, 0.15) is 5.82 Å². The van der Waals surface area contributed by atoms with E-state index in [9.17, 15) is 22.4 Å². The number of halogens is 1. The van der Waals surface area contributed by atoms with Crippen LogP contribution in [0.5, 0.6) is 0 Å². The molecule has 0 bridgehead atoms. The Hall–Kier alpha value is -2.98. The zero-order valence-electron chi connectivity index (χ0n) is 12.7. The number of H-pyrrole nitrogens is 2. The molecule has 10 heteroatoms. The van der Waals surface area contributed by atoms with Crippen molar-refractivity contribution in [3.05, 3.63) is 63.8 Å². The highest BCUT2D eigenvalue weighted by Gasteiger charge is 2.16. The van der Waals surface area contributed by atoms with Crippen molar-refractivity contribution in [2.45, 2.75) is 11.4 Å². The third kappa shape index (κ3) is 3.59. The second-order valence-electron chi connectivity index (χ2n) is 5.33. The van der Waals surface area contributed by atoms with Crippen LogP contribution in [0.4, 0.5) is 4.39 Å². The highest BCUT2D eigenvalue weighted by atomic mass is 32.2. The number of hydrogen-bond acceptors (Lipinski definition) is 4. The molecule has 0 radical (unpaired) electrons. The number of benzene rings is 2. The van der Waals surface area contributed by atoms with Crippen molar-refractivity contribution in [2.75, 3.05) is 0 Å². The maximum Gasteiger partial charge on any atom is 0.323 e. The number of carbonyl (C=O) groups is 1. The Labute approximate surface area is 140 Å². The minimum atomic E-state index is -4.05. The van der Waals surface area contributed by atoms with Crippen LogP contribution in [0.3, 0.4) is 0 Å². The summed E-state index contributed by atoms with van der Waals surface area (Å²) in [7, 11) is -4.05. The Bertz CT molecular complexity index is 1130. The molecule has 1 amide bonds. The first-order chi connectivity index (χ1) is 11.7. The number of fused-ring (bicyclic) bond motifs is 1. The number of imidazole rings is 1. The monoisotopic (exact) mass is 364 g/mol. The van der Waals surface area contributed by atoms with Gasteiger partial charge in [-0.25, -0.2) is 22.7 Å². The van der Waals surface area contributed by atoms with Crippen molar-refractivity contribution in [3.8, 4) is 0 Å². The molecule has 2 aromatic carbocycles. The predicted octanol–water partition coefficient (Wildman–Crippen LogP) is 0.573. The van der Waals surface area contributed by atoms with E-state index in [1.165, 1.54) is 0 Å². The maximum absolute atomic E-state index is 13.8. The van der Waals surface area contributed by atoms with Crippen LogP contribution in [-0.4, -0.2) is 24.3 Å². The molecule has 0 atom stereocenters. The van der Waals surface area contributed by atoms with Crippen molar-refractivity contribution in [1.29, 1.82) is 0 Å². The molecule has 0 saturated heterocycles. The molecular formula is C15H13FN4O4S. The van der Waals surface area contributed by atoms with Gasteiger partial charge >= 0.3 is 5.69 Å². The van der Waals surface area contributed by atoms with Gasteiger partial charge in [0.2, 0.25) is 10.0 Å². The first-order valence-electron chi connectivity index (χ1n) is 7.05. The minimum absolute atomic E-state index is 0.0566. The van der Waals surface area contributed by atoms with Gasteiger partial charge in [0.25, 0.3) is 5.91 Å². The Morgan fingerprint density at radius 2 is 1.84 bits per heavy atom. The summed E-state index contributed by atoms with van der Waals surface area (Å²) in [4.78, 5) is 28.2. The average molecular weight is 364 g/mol. The Morgan fingerprint density at radius 3 is 2.56 bits per heavy atom. The Morgan fingerprint density at radius 1 is 1.12 bits per heavy atom. The summed E-state index contributed by atoms with van der Waals surface area (Å²) in [5.74, 6) is -1.65. The van der Waals surface area contributed by atoms with Gasteiger partial charge in [-0.3, -0.25) is 4.79 Å². The number of sulfonamides is 1. The van der Waals surface area contributed by atoms with Crippen LogP contribution in [0.1, 0.15) is 15.9 Å². The first-order valence-corrected chi connectivity index (χ1v) is 8.60. The molecule has 1 aromatic heterocycles. The second kappa shape index (κ2) is 6.15. The molecule has 5 N–H and O–H groups in total. The summed E-state index contributed by atoms with van der Waals surface area (Å²) in [6.07, 6.45) is 0. The van der Waals surface area contributed by atoms with E-state index in [1.807, 2.05) is 0 Å². The van der Waals surface area contributed by atoms with E-state index in [-0.39, 0.29) is 17.1 Å². The van der Waals surface area contributed by atoms with Gasteiger partial charge < -0.3 is 15.3 Å².